The molecule has 1 aliphatic rings. The summed E-state index contributed by atoms with van der Waals surface area (Å²) in [5.41, 5.74) is 3.13. The van der Waals surface area contributed by atoms with Crippen LogP contribution in [0.15, 0.2) is 109 Å². The van der Waals surface area contributed by atoms with E-state index in [0.29, 0.717) is 34.1 Å². The van der Waals surface area contributed by atoms with Crippen molar-refractivity contribution >= 4 is 13.8 Å². The van der Waals surface area contributed by atoms with Gasteiger partial charge in [0.05, 0.1) is 41.7 Å². The highest BCUT2D eigenvalue weighted by molar-refractivity contribution is 7.47. The highest BCUT2D eigenvalue weighted by Gasteiger charge is 2.37. The number of phosphoric ester groups is 1. The van der Waals surface area contributed by atoms with Crippen LogP contribution in [-0.2, 0) is 59.0 Å². The molecule has 0 saturated carbocycles. The first-order valence-electron chi connectivity index (χ1n) is 16.1. The van der Waals surface area contributed by atoms with Crippen LogP contribution < -0.4 is 18.9 Å². The number of methoxy groups -OCH3 is 4. The standard InChI is InChI=1S/C22H24O7.C16H19O6P/c1-25-17-7-3-5-15(11-17)13-27-20-19(9-10-23)29-22(24)21(20)28-14-16-6-4-8-18(12-16)26-2;1-19-15-7-3-5-13(9-15)11-21-23(17,18)22-12-14-6-4-8-16(10-14)20-2/h3-8,11-12,19,23H,9-10,13-14H2,1-2H3;3-10H,11-12H2,1-2H3,(H,17,18). The van der Waals surface area contributed by atoms with Crippen molar-refractivity contribution in [3.8, 4) is 23.0 Å². The van der Waals surface area contributed by atoms with Crippen LogP contribution in [0.5, 0.6) is 23.0 Å². The maximum Gasteiger partial charge on any atom is 0.472 e. The fourth-order valence-electron chi connectivity index (χ4n) is 4.79. The minimum Gasteiger partial charge on any atom is -0.497 e. The number of carbonyl (C=O) groups excluding carboxylic acids is 1. The third-order valence-corrected chi connectivity index (χ3v) is 8.36. The van der Waals surface area contributed by atoms with Crippen LogP contribution in [0.1, 0.15) is 28.7 Å². The zero-order valence-corrected chi connectivity index (χ0v) is 30.3. The summed E-state index contributed by atoms with van der Waals surface area (Å²) in [5.74, 6) is 2.41. The molecule has 1 heterocycles. The van der Waals surface area contributed by atoms with Gasteiger partial charge in [-0.25, -0.2) is 9.36 Å². The zero-order chi connectivity index (χ0) is 37.3. The van der Waals surface area contributed by atoms with E-state index in [9.17, 15) is 19.4 Å². The van der Waals surface area contributed by atoms with E-state index in [-0.39, 0.29) is 51.0 Å². The van der Waals surface area contributed by atoms with Crippen molar-refractivity contribution in [3.63, 3.8) is 0 Å². The maximum absolute atomic E-state index is 12.3. The van der Waals surface area contributed by atoms with E-state index >= 15 is 0 Å². The summed E-state index contributed by atoms with van der Waals surface area (Å²) in [4.78, 5) is 22.1. The van der Waals surface area contributed by atoms with Crippen molar-refractivity contribution < 1.29 is 61.6 Å². The molecule has 0 spiro atoms. The molecular formula is C38H43O13P. The van der Waals surface area contributed by atoms with Crippen LogP contribution in [0.2, 0.25) is 0 Å². The van der Waals surface area contributed by atoms with Crippen LogP contribution >= 0.6 is 7.82 Å². The summed E-state index contributed by atoms with van der Waals surface area (Å²) in [6.45, 7) is 0.107. The van der Waals surface area contributed by atoms with Crippen molar-refractivity contribution in [2.75, 3.05) is 35.0 Å². The number of carbonyl (C=O) groups is 1. The van der Waals surface area contributed by atoms with Gasteiger partial charge in [0, 0.05) is 13.0 Å². The Kier molecular flexibility index (Phi) is 15.4. The second-order valence-corrected chi connectivity index (χ2v) is 12.6. The number of cyclic esters (lactones) is 1. The van der Waals surface area contributed by atoms with Gasteiger partial charge < -0.3 is 43.2 Å². The number of rotatable bonds is 18. The number of benzene rings is 4. The summed E-state index contributed by atoms with van der Waals surface area (Å²) >= 11 is 0. The molecule has 1 atom stereocenters. The molecule has 278 valence electrons. The lowest BCUT2D eigenvalue weighted by Gasteiger charge is -2.14. The Balaban J connectivity index is 0.000000239. The molecule has 0 fully saturated rings. The highest BCUT2D eigenvalue weighted by atomic mass is 31.2. The average molecular weight is 739 g/mol. The molecule has 5 rings (SSSR count). The van der Waals surface area contributed by atoms with Gasteiger partial charge >= 0.3 is 13.8 Å². The lowest BCUT2D eigenvalue weighted by atomic mass is 10.2. The van der Waals surface area contributed by atoms with Gasteiger partial charge in [-0.05, 0) is 70.8 Å². The first-order valence-corrected chi connectivity index (χ1v) is 17.6. The zero-order valence-electron chi connectivity index (χ0n) is 29.4. The maximum atomic E-state index is 12.3. The minimum absolute atomic E-state index is 0.0224. The molecule has 1 unspecified atom stereocenters. The molecule has 4 aromatic carbocycles. The van der Waals surface area contributed by atoms with E-state index in [0.717, 1.165) is 11.1 Å². The van der Waals surface area contributed by atoms with E-state index in [4.69, 9.17) is 42.2 Å². The molecule has 4 aromatic rings. The van der Waals surface area contributed by atoms with E-state index in [1.807, 2.05) is 48.5 Å². The number of esters is 1. The van der Waals surface area contributed by atoms with Crippen molar-refractivity contribution in [3.05, 3.63) is 131 Å². The van der Waals surface area contributed by atoms with Crippen molar-refractivity contribution in [1.29, 1.82) is 0 Å². The van der Waals surface area contributed by atoms with Crippen LogP contribution in [0.25, 0.3) is 0 Å². The van der Waals surface area contributed by atoms with Gasteiger partial charge in [0.15, 0.2) is 11.9 Å². The molecule has 0 aliphatic carbocycles. The number of aliphatic hydroxyl groups is 1. The Labute approximate surface area is 302 Å². The van der Waals surface area contributed by atoms with E-state index in [1.54, 1.807) is 77.0 Å². The first-order chi connectivity index (χ1) is 25.2. The van der Waals surface area contributed by atoms with Crippen molar-refractivity contribution in [2.24, 2.45) is 0 Å². The predicted molar refractivity (Wildman–Crippen MR) is 190 cm³/mol. The lowest BCUT2D eigenvalue weighted by molar-refractivity contribution is -0.143. The average Bonchev–Trinajstić information content (AvgIpc) is 3.48. The summed E-state index contributed by atoms with van der Waals surface area (Å²) in [5, 5.41) is 9.30. The number of hydrogen-bond acceptors (Lipinski definition) is 12. The minimum atomic E-state index is -4.15. The van der Waals surface area contributed by atoms with E-state index in [2.05, 4.69) is 0 Å². The summed E-state index contributed by atoms with van der Waals surface area (Å²) in [6.07, 6.45) is -0.455. The predicted octanol–water partition coefficient (Wildman–Crippen LogP) is 6.49. The highest BCUT2D eigenvalue weighted by Crippen LogP contribution is 2.45. The molecule has 0 bridgehead atoms. The molecule has 0 aromatic heterocycles. The van der Waals surface area contributed by atoms with Crippen molar-refractivity contribution in [2.45, 2.75) is 39.0 Å². The normalized spacial score (nSPS) is 13.8. The quantitative estimate of drug-likeness (QED) is 0.0844. The fourth-order valence-corrected chi connectivity index (χ4v) is 5.49. The Morgan fingerprint density at radius 2 is 1.00 bits per heavy atom. The second kappa shape index (κ2) is 20.1. The largest absolute Gasteiger partial charge is 0.497 e. The van der Waals surface area contributed by atoms with Gasteiger partial charge in [-0.1, -0.05) is 48.5 Å². The van der Waals surface area contributed by atoms with Gasteiger partial charge in [-0.2, -0.15) is 0 Å². The fraction of sp³-hybridized carbons (Fsp3) is 0.289. The SMILES string of the molecule is COc1cccc(COC2=C(OCc3cccc(OC)c3)C(CCO)OC2=O)c1.COc1cccc(COP(=O)(O)OCc2cccc(OC)c2)c1. The smallest absolute Gasteiger partial charge is 0.472 e. The molecular weight excluding hydrogens is 695 g/mol. The molecule has 0 amide bonds. The molecule has 0 saturated heterocycles. The van der Waals surface area contributed by atoms with Crippen LogP contribution in [-0.4, -0.2) is 57.1 Å². The Morgan fingerprint density at radius 1 is 0.615 bits per heavy atom. The van der Waals surface area contributed by atoms with Gasteiger partial charge in [0.2, 0.25) is 5.76 Å². The topological polar surface area (TPSA) is 158 Å². The second-order valence-electron chi connectivity index (χ2n) is 11.1. The Hall–Kier alpha value is -5.04. The van der Waals surface area contributed by atoms with Crippen LogP contribution in [0, 0.1) is 0 Å². The molecule has 0 radical (unpaired) electrons. The van der Waals surface area contributed by atoms with E-state index in [1.165, 1.54) is 0 Å². The lowest BCUT2D eigenvalue weighted by Crippen LogP contribution is -2.15. The molecule has 13 nitrogen and oxygen atoms in total. The monoisotopic (exact) mass is 738 g/mol. The number of aliphatic hydroxyl groups excluding tert-OH is 1. The molecule has 1 aliphatic heterocycles. The van der Waals surface area contributed by atoms with Crippen LogP contribution in [0.3, 0.4) is 0 Å². The third kappa shape index (κ3) is 12.3. The number of ether oxygens (including phenoxy) is 7. The van der Waals surface area contributed by atoms with Crippen LogP contribution in [0.4, 0.5) is 0 Å². The van der Waals surface area contributed by atoms with Crippen molar-refractivity contribution in [1.82, 2.24) is 0 Å². The summed E-state index contributed by atoms with van der Waals surface area (Å²) in [6, 6.07) is 28.9. The van der Waals surface area contributed by atoms with E-state index < -0.39 is 19.9 Å². The van der Waals surface area contributed by atoms with Gasteiger partial charge in [-0.15, -0.1) is 0 Å². The summed E-state index contributed by atoms with van der Waals surface area (Å²) in [7, 11) is 2.12. The first kappa shape index (κ1) is 39.7. The Morgan fingerprint density at radius 3 is 1.38 bits per heavy atom. The van der Waals surface area contributed by atoms with Gasteiger partial charge in [0.25, 0.3) is 0 Å². The molecule has 2 N–H and O–H groups in total. The molecule has 14 heteroatoms. The number of hydrogen-bond donors (Lipinski definition) is 2. The molecule has 52 heavy (non-hydrogen) atoms. The van der Waals surface area contributed by atoms with Gasteiger partial charge in [0.1, 0.15) is 36.2 Å². The number of phosphoric acid groups is 1. The third-order valence-electron chi connectivity index (χ3n) is 7.45. The van der Waals surface area contributed by atoms with Gasteiger partial charge in [-0.3, -0.25) is 9.05 Å². The summed E-state index contributed by atoms with van der Waals surface area (Å²) < 4.78 is 59.4. The Bertz CT molecular complexity index is 1770.